The number of hydrogen-bond donors (Lipinski definition) is 2. The molecule has 30 heavy (non-hydrogen) atoms. The molecule has 1 aliphatic heterocycles. The molecule has 0 aliphatic carbocycles. The highest BCUT2D eigenvalue weighted by atomic mass is 16.5. The number of benzene rings is 2. The summed E-state index contributed by atoms with van der Waals surface area (Å²) < 4.78 is 11.7. The summed E-state index contributed by atoms with van der Waals surface area (Å²) in [5, 5.41) is 9.82. The highest BCUT2D eigenvalue weighted by Gasteiger charge is 2.13. The number of nitrogens with zero attached hydrogens (tertiary/aromatic N) is 2. The summed E-state index contributed by atoms with van der Waals surface area (Å²) in [5.41, 5.74) is 3.95. The standard InChI is InChI=1S/C24H28N4O2/c1-2-29-19-7-9-22-20(16-19)24(27-26-22)23-15-17-14-18(6-8-21(17)25-23)30-13-12-28-10-4-3-5-11-28/h6-9,14-16,25H,2-5,10-13H2,1H3,(H,26,27). The maximum absolute atomic E-state index is 6.04. The Labute approximate surface area is 176 Å². The second-order valence-corrected chi connectivity index (χ2v) is 7.90. The molecule has 2 N–H and O–H groups in total. The number of likely N-dealkylation sites (tertiary alicyclic amines) is 1. The lowest BCUT2D eigenvalue weighted by Gasteiger charge is -2.26. The molecule has 0 radical (unpaired) electrons. The molecule has 1 aliphatic rings. The van der Waals surface area contributed by atoms with Gasteiger partial charge in [-0.25, -0.2) is 0 Å². The molecule has 1 saturated heterocycles. The molecular formula is C24H28N4O2. The first-order chi connectivity index (χ1) is 14.8. The fourth-order valence-corrected chi connectivity index (χ4v) is 4.26. The average molecular weight is 405 g/mol. The average Bonchev–Trinajstić information content (AvgIpc) is 3.38. The number of nitrogens with one attached hydrogen (secondary N) is 2. The van der Waals surface area contributed by atoms with E-state index >= 15 is 0 Å². The van der Waals surface area contributed by atoms with Crippen LogP contribution in [0.2, 0.25) is 0 Å². The smallest absolute Gasteiger partial charge is 0.120 e. The minimum Gasteiger partial charge on any atom is -0.494 e. The normalized spacial score (nSPS) is 15.1. The number of rotatable bonds is 7. The number of ether oxygens (including phenoxy) is 2. The van der Waals surface area contributed by atoms with Gasteiger partial charge in [0.15, 0.2) is 0 Å². The van der Waals surface area contributed by atoms with Gasteiger partial charge in [-0.2, -0.15) is 5.10 Å². The van der Waals surface area contributed by atoms with Crippen LogP contribution >= 0.6 is 0 Å². The van der Waals surface area contributed by atoms with E-state index in [2.05, 4.69) is 38.3 Å². The first-order valence-electron chi connectivity index (χ1n) is 10.9. The molecule has 4 aromatic rings. The van der Waals surface area contributed by atoms with Crippen molar-refractivity contribution in [3.63, 3.8) is 0 Å². The Morgan fingerprint density at radius 3 is 2.57 bits per heavy atom. The lowest BCUT2D eigenvalue weighted by molar-refractivity contribution is 0.183. The first-order valence-corrected chi connectivity index (χ1v) is 10.9. The molecule has 1 fully saturated rings. The van der Waals surface area contributed by atoms with Gasteiger partial charge in [0, 0.05) is 22.8 Å². The van der Waals surface area contributed by atoms with E-state index in [1.807, 2.05) is 31.2 Å². The largest absolute Gasteiger partial charge is 0.494 e. The molecule has 0 bridgehead atoms. The van der Waals surface area contributed by atoms with Gasteiger partial charge in [-0.1, -0.05) is 6.42 Å². The monoisotopic (exact) mass is 404 g/mol. The zero-order valence-corrected chi connectivity index (χ0v) is 17.4. The van der Waals surface area contributed by atoms with Crippen LogP contribution < -0.4 is 9.47 Å². The second kappa shape index (κ2) is 8.40. The molecule has 0 unspecified atom stereocenters. The van der Waals surface area contributed by atoms with Crippen molar-refractivity contribution in [1.82, 2.24) is 20.1 Å². The van der Waals surface area contributed by atoms with Crippen LogP contribution in [0.5, 0.6) is 11.5 Å². The zero-order valence-electron chi connectivity index (χ0n) is 17.4. The third kappa shape index (κ3) is 3.87. The predicted molar refractivity (Wildman–Crippen MR) is 120 cm³/mol. The molecule has 6 nitrogen and oxygen atoms in total. The summed E-state index contributed by atoms with van der Waals surface area (Å²) in [4.78, 5) is 5.99. The third-order valence-electron chi connectivity index (χ3n) is 5.82. The first kappa shape index (κ1) is 19.0. The fourth-order valence-electron chi connectivity index (χ4n) is 4.26. The highest BCUT2D eigenvalue weighted by Crippen LogP contribution is 2.32. The third-order valence-corrected chi connectivity index (χ3v) is 5.82. The topological polar surface area (TPSA) is 66.2 Å². The SMILES string of the molecule is CCOc1ccc2[nH]nc(-c3cc4cc(OCCN5CCCCC5)ccc4[nH]3)c2c1. The van der Waals surface area contributed by atoms with E-state index in [0.717, 1.165) is 57.8 Å². The van der Waals surface area contributed by atoms with Crippen LogP contribution in [0.1, 0.15) is 26.2 Å². The van der Waals surface area contributed by atoms with Crippen molar-refractivity contribution in [2.24, 2.45) is 0 Å². The van der Waals surface area contributed by atoms with Crippen molar-refractivity contribution in [3.05, 3.63) is 42.5 Å². The highest BCUT2D eigenvalue weighted by molar-refractivity contribution is 5.96. The Hall–Kier alpha value is -2.99. The molecule has 2 aromatic heterocycles. The van der Waals surface area contributed by atoms with Crippen molar-refractivity contribution >= 4 is 21.8 Å². The molecule has 0 spiro atoms. The van der Waals surface area contributed by atoms with Crippen molar-refractivity contribution in [2.75, 3.05) is 32.8 Å². The van der Waals surface area contributed by atoms with Gasteiger partial charge in [0.25, 0.3) is 0 Å². The van der Waals surface area contributed by atoms with Gasteiger partial charge in [0.1, 0.15) is 23.8 Å². The van der Waals surface area contributed by atoms with E-state index in [-0.39, 0.29) is 0 Å². The van der Waals surface area contributed by atoms with Crippen LogP contribution in [0.25, 0.3) is 33.2 Å². The van der Waals surface area contributed by atoms with Gasteiger partial charge < -0.3 is 14.5 Å². The van der Waals surface area contributed by atoms with Gasteiger partial charge in [0.05, 0.1) is 17.8 Å². The summed E-state index contributed by atoms with van der Waals surface area (Å²) in [6.07, 6.45) is 3.99. The van der Waals surface area contributed by atoms with Gasteiger partial charge in [-0.15, -0.1) is 0 Å². The maximum atomic E-state index is 6.04. The number of aromatic nitrogens is 3. The molecule has 0 saturated carbocycles. The summed E-state index contributed by atoms with van der Waals surface area (Å²) in [6.45, 7) is 6.76. The zero-order chi connectivity index (χ0) is 20.3. The van der Waals surface area contributed by atoms with Crippen LogP contribution in [-0.4, -0.2) is 52.9 Å². The second-order valence-electron chi connectivity index (χ2n) is 7.90. The van der Waals surface area contributed by atoms with Crippen molar-refractivity contribution in [3.8, 4) is 22.9 Å². The Morgan fingerprint density at radius 2 is 1.73 bits per heavy atom. The predicted octanol–water partition coefficient (Wildman–Crippen LogP) is 4.97. The van der Waals surface area contributed by atoms with E-state index < -0.39 is 0 Å². The molecule has 6 heteroatoms. The summed E-state index contributed by atoms with van der Waals surface area (Å²) >= 11 is 0. The van der Waals surface area contributed by atoms with Crippen LogP contribution in [0.3, 0.4) is 0 Å². The van der Waals surface area contributed by atoms with Gasteiger partial charge in [-0.05, 0) is 75.3 Å². The quantitative estimate of drug-likeness (QED) is 0.456. The molecule has 2 aromatic carbocycles. The minimum atomic E-state index is 0.644. The van der Waals surface area contributed by atoms with Crippen molar-refractivity contribution < 1.29 is 9.47 Å². The number of piperidine rings is 1. The summed E-state index contributed by atoms with van der Waals surface area (Å²) in [5.74, 6) is 1.77. The van der Waals surface area contributed by atoms with Gasteiger partial charge in [-0.3, -0.25) is 10.00 Å². The Kier molecular flexibility index (Phi) is 5.32. The van der Waals surface area contributed by atoms with E-state index in [1.54, 1.807) is 0 Å². The van der Waals surface area contributed by atoms with Crippen LogP contribution in [0.15, 0.2) is 42.5 Å². The molecule has 156 valence electrons. The fraction of sp³-hybridized carbons (Fsp3) is 0.375. The number of aromatic amines is 2. The van der Waals surface area contributed by atoms with E-state index in [4.69, 9.17) is 9.47 Å². The maximum Gasteiger partial charge on any atom is 0.120 e. The minimum absolute atomic E-state index is 0.644. The van der Waals surface area contributed by atoms with Gasteiger partial charge in [0.2, 0.25) is 0 Å². The molecular weight excluding hydrogens is 376 g/mol. The van der Waals surface area contributed by atoms with Crippen molar-refractivity contribution in [1.29, 1.82) is 0 Å². The van der Waals surface area contributed by atoms with Crippen molar-refractivity contribution in [2.45, 2.75) is 26.2 Å². The number of hydrogen-bond acceptors (Lipinski definition) is 4. The number of H-pyrrole nitrogens is 2. The lowest BCUT2D eigenvalue weighted by Crippen LogP contribution is -2.33. The lowest BCUT2D eigenvalue weighted by atomic mass is 10.1. The van der Waals surface area contributed by atoms with Gasteiger partial charge >= 0.3 is 0 Å². The van der Waals surface area contributed by atoms with Crippen LogP contribution in [0.4, 0.5) is 0 Å². The Morgan fingerprint density at radius 1 is 0.933 bits per heavy atom. The molecule has 5 rings (SSSR count). The molecule has 3 heterocycles. The van der Waals surface area contributed by atoms with Crippen LogP contribution in [0, 0.1) is 0 Å². The summed E-state index contributed by atoms with van der Waals surface area (Å²) in [6, 6.07) is 14.4. The van der Waals surface area contributed by atoms with E-state index in [1.165, 1.54) is 32.4 Å². The number of fused-ring (bicyclic) bond motifs is 2. The molecule has 0 atom stereocenters. The summed E-state index contributed by atoms with van der Waals surface area (Å²) in [7, 11) is 0. The Bertz CT molecular complexity index is 1140. The van der Waals surface area contributed by atoms with Crippen LogP contribution in [-0.2, 0) is 0 Å². The van der Waals surface area contributed by atoms with E-state index in [9.17, 15) is 0 Å². The molecule has 0 amide bonds. The Balaban J connectivity index is 1.35. The van der Waals surface area contributed by atoms with E-state index in [0.29, 0.717) is 6.61 Å².